The Balaban J connectivity index is 4.50. The Kier molecular flexibility index (Phi) is 5.40. The van der Waals surface area contributed by atoms with E-state index in [0.717, 1.165) is 0 Å². The van der Waals surface area contributed by atoms with Crippen molar-refractivity contribution in [3.8, 4) is 0 Å². The number of carbonyl (C=O) groups excluding carboxylic acids is 1. The monoisotopic (exact) mass is 256 g/mol. The highest BCUT2D eigenvalue weighted by atomic mass is 19.4. The number of hydrogen-bond acceptors (Lipinski definition) is 3. The molecular weight excluding hydrogens is 241 g/mol. The van der Waals surface area contributed by atoms with E-state index in [4.69, 9.17) is 5.11 Å². The minimum Gasteiger partial charge on any atom is -0.480 e. The van der Waals surface area contributed by atoms with E-state index in [9.17, 15) is 22.8 Å². The Morgan fingerprint density at radius 3 is 2.18 bits per heavy atom. The maximum atomic E-state index is 12.5. The second-order valence-electron chi connectivity index (χ2n) is 3.63. The number of carbonyl (C=O) groups is 2. The zero-order valence-corrected chi connectivity index (χ0v) is 9.52. The van der Waals surface area contributed by atoms with Gasteiger partial charge < -0.3 is 10.4 Å². The molecule has 0 saturated heterocycles. The minimum absolute atomic E-state index is 0.330. The lowest BCUT2D eigenvalue weighted by Gasteiger charge is -2.28. The van der Waals surface area contributed by atoms with Crippen molar-refractivity contribution in [2.45, 2.75) is 32.0 Å². The van der Waals surface area contributed by atoms with Gasteiger partial charge in [-0.15, -0.1) is 0 Å². The number of carboxylic acid groups (broad SMARTS) is 1. The van der Waals surface area contributed by atoms with Gasteiger partial charge in [0.25, 0.3) is 0 Å². The van der Waals surface area contributed by atoms with Crippen LogP contribution in [-0.2, 0) is 9.59 Å². The lowest BCUT2D eigenvalue weighted by atomic mass is 10.0. The molecule has 0 aromatic carbocycles. The summed E-state index contributed by atoms with van der Waals surface area (Å²) >= 11 is 0. The molecule has 0 bridgehead atoms. The van der Waals surface area contributed by atoms with Crippen LogP contribution in [0.2, 0.25) is 0 Å². The Labute approximate surface area is 96.4 Å². The van der Waals surface area contributed by atoms with Gasteiger partial charge in [-0.3, -0.25) is 10.1 Å². The molecule has 8 heteroatoms. The largest absolute Gasteiger partial charge is 0.480 e. The molecule has 0 heterocycles. The van der Waals surface area contributed by atoms with Crippen molar-refractivity contribution in [3.63, 3.8) is 0 Å². The first-order valence-electron chi connectivity index (χ1n) is 4.97. The number of amides is 1. The number of alkyl halides is 3. The summed E-state index contributed by atoms with van der Waals surface area (Å²) in [6.45, 7) is 1.88. The summed E-state index contributed by atoms with van der Waals surface area (Å²) in [6.07, 6.45) is -4.34. The van der Waals surface area contributed by atoms with E-state index in [-0.39, 0.29) is 0 Å². The van der Waals surface area contributed by atoms with Crippen molar-refractivity contribution in [1.29, 1.82) is 0 Å². The first kappa shape index (κ1) is 15.7. The predicted octanol–water partition coefficient (Wildman–Crippen LogP) is 0.508. The summed E-state index contributed by atoms with van der Waals surface area (Å²) in [5, 5.41) is 12.6. The summed E-state index contributed by atoms with van der Waals surface area (Å²) in [4.78, 5) is 21.6. The van der Waals surface area contributed by atoms with Crippen LogP contribution >= 0.6 is 0 Å². The highest BCUT2D eigenvalue weighted by molar-refractivity contribution is 5.82. The summed E-state index contributed by atoms with van der Waals surface area (Å²) in [5.74, 6) is -2.75. The smallest absolute Gasteiger partial charge is 0.417 e. The molecule has 3 N–H and O–H groups in total. The number of nitrogens with one attached hydrogen (secondary N) is 2. The Morgan fingerprint density at radius 2 is 1.82 bits per heavy atom. The lowest BCUT2D eigenvalue weighted by Crippen LogP contribution is -2.61. The van der Waals surface area contributed by atoms with E-state index in [1.165, 1.54) is 0 Å². The first-order valence-corrected chi connectivity index (χ1v) is 4.97. The predicted molar refractivity (Wildman–Crippen MR) is 53.4 cm³/mol. The topological polar surface area (TPSA) is 78.4 Å². The van der Waals surface area contributed by atoms with Crippen molar-refractivity contribution < 1.29 is 27.9 Å². The molecule has 1 amide bonds. The fraction of sp³-hybridized carbons (Fsp3) is 0.778. The third-order valence-corrected chi connectivity index (χ3v) is 2.17. The number of carboxylic acids is 1. The van der Waals surface area contributed by atoms with E-state index in [1.54, 1.807) is 12.2 Å². The zero-order chi connectivity index (χ0) is 13.7. The Morgan fingerprint density at radius 1 is 1.29 bits per heavy atom. The molecule has 1 unspecified atom stereocenters. The molecule has 0 fully saturated rings. The van der Waals surface area contributed by atoms with Crippen LogP contribution in [-0.4, -0.2) is 41.8 Å². The van der Waals surface area contributed by atoms with E-state index >= 15 is 0 Å². The molecule has 0 radical (unpaired) electrons. The molecular formula is C9H15F3N2O3. The van der Waals surface area contributed by atoms with Gasteiger partial charge in [-0.05, 0) is 13.3 Å². The van der Waals surface area contributed by atoms with Gasteiger partial charge in [-0.25, -0.2) is 4.79 Å². The fourth-order valence-corrected chi connectivity index (χ4v) is 0.881. The van der Waals surface area contributed by atoms with Crippen molar-refractivity contribution in [2.75, 3.05) is 13.1 Å². The van der Waals surface area contributed by atoms with Gasteiger partial charge in [0.15, 0.2) is 0 Å². The molecule has 0 aliphatic carbocycles. The number of rotatable bonds is 6. The quantitative estimate of drug-likeness (QED) is 0.647. The molecule has 0 rings (SSSR count). The molecule has 0 spiro atoms. The SMILES string of the molecule is CCCNC(=O)CNC(C)(C(=O)O)C(F)(F)F. The van der Waals surface area contributed by atoms with Gasteiger partial charge in [-0.1, -0.05) is 6.92 Å². The number of hydrogen-bond donors (Lipinski definition) is 3. The molecule has 100 valence electrons. The summed E-state index contributed by atoms with van der Waals surface area (Å²) < 4.78 is 37.4. The van der Waals surface area contributed by atoms with Crippen LogP contribution in [0.5, 0.6) is 0 Å². The summed E-state index contributed by atoms with van der Waals surface area (Å²) in [6, 6.07) is 0. The maximum absolute atomic E-state index is 12.5. The fourth-order valence-electron chi connectivity index (χ4n) is 0.881. The normalized spacial score (nSPS) is 15.1. The zero-order valence-electron chi connectivity index (χ0n) is 9.52. The van der Waals surface area contributed by atoms with Gasteiger partial charge in [-0.2, -0.15) is 13.2 Å². The van der Waals surface area contributed by atoms with Crippen LogP contribution in [0.1, 0.15) is 20.3 Å². The molecule has 0 aromatic heterocycles. The van der Waals surface area contributed by atoms with Crippen LogP contribution < -0.4 is 10.6 Å². The van der Waals surface area contributed by atoms with E-state index < -0.39 is 30.1 Å². The average Bonchev–Trinajstić information content (AvgIpc) is 2.20. The van der Waals surface area contributed by atoms with Crippen LogP contribution in [0.3, 0.4) is 0 Å². The average molecular weight is 256 g/mol. The number of aliphatic carboxylic acids is 1. The first-order chi connectivity index (χ1) is 7.65. The standard InChI is InChI=1S/C9H15F3N2O3/c1-3-4-13-6(15)5-14-8(2,7(16)17)9(10,11)12/h14H,3-5H2,1-2H3,(H,13,15)(H,16,17). The van der Waals surface area contributed by atoms with Gasteiger partial charge in [0.05, 0.1) is 6.54 Å². The number of halogens is 3. The van der Waals surface area contributed by atoms with Gasteiger partial charge in [0.2, 0.25) is 11.4 Å². The molecule has 5 nitrogen and oxygen atoms in total. The second-order valence-corrected chi connectivity index (χ2v) is 3.63. The van der Waals surface area contributed by atoms with Crippen molar-refractivity contribution >= 4 is 11.9 Å². The minimum atomic E-state index is -4.98. The van der Waals surface area contributed by atoms with Gasteiger partial charge in [0.1, 0.15) is 0 Å². The van der Waals surface area contributed by atoms with Crippen LogP contribution in [0.4, 0.5) is 13.2 Å². The molecule has 0 aromatic rings. The Hall–Kier alpha value is -1.31. The van der Waals surface area contributed by atoms with Crippen molar-refractivity contribution in [1.82, 2.24) is 10.6 Å². The van der Waals surface area contributed by atoms with Crippen LogP contribution in [0.25, 0.3) is 0 Å². The van der Waals surface area contributed by atoms with E-state index in [1.807, 2.05) is 0 Å². The molecule has 0 saturated carbocycles. The van der Waals surface area contributed by atoms with Crippen LogP contribution in [0.15, 0.2) is 0 Å². The maximum Gasteiger partial charge on any atom is 0.417 e. The van der Waals surface area contributed by atoms with Crippen molar-refractivity contribution in [3.05, 3.63) is 0 Å². The highest BCUT2D eigenvalue weighted by Gasteiger charge is 2.57. The lowest BCUT2D eigenvalue weighted by molar-refractivity contribution is -0.205. The van der Waals surface area contributed by atoms with Gasteiger partial charge >= 0.3 is 12.1 Å². The molecule has 17 heavy (non-hydrogen) atoms. The third-order valence-electron chi connectivity index (χ3n) is 2.17. The molecule has 0 aliphatic rings. The Bertz CT molecular complexity index is 294. The second kappa shape index (κ2) is 5.85. The molecule has 0 aliphatic heterocycles. The van der Waals surface area contributed by atoms with Gasteiger partial charge in [0, 0.05) is 6.54 Å². The summed E-state index contributed by atoms with van der Waals surface area (Å²) in [7, 11) is 0. The van der Waals surface area contributed by atoms with Crippen LogP contribution in [0, 0.1) is 0 Å². The molecule has 1 atom stereocenters. The van der Waals surface area contributed by atoms with E-state index in [2.05, 4.69) is 5.32 Å². The van der Waals surface area contributed by atoms with Crippen molar-refractivity contribution in [2.24, 2.45) is 0 Å². The highest BCUT2D eigenvalue weighted by Crippen LogP contribution is 2.30. The third kappa shape index (κ3) is 4.22. The summed E-state index contributed by atoms with van der Waals surface area (Å²) in [5.41, 5.74) is -3.13. The van der Waals surface area contributed by atoms with E-state index in [0.29, 0.717) is 19.9 Å².